The third kappa shape index (κ3) is 5.15. The first-order valence-electron chi connectivity index (χ1n) is 9.75. The van der Waals surface area contributed by atoms with Crippen LogP contribution in [0.15, 0.2) is 42.5 Å². The van der Waals surface area contributed by atoms with Crippen molar-refractivity contribution >= 4 is 57.5 Å². The number of nitrogens with zero attached hydrogens (tertiary/aromatic N) is 1. The highest BCUT2D eigenvalue weighted by atomic mass is 35.5. The smallest absolute Gasteiger partial charge is 0.328 e. The minimum Gasteiger partial charge on any atom is -0.494 e. The topological polar surface area (TPSA) is 101 Å². The van der Waals surface area contributed by atoms with Crippen molar-refractivity contribution in [3.63, 3.8) is 0 Å². The summed E-state index contributed by atoms with van der Waals surface area (Å²) in [5.41, 5.74) is 3.42. The molecule has 0 bridgehead atoms. The number of nitrogens with one attached hydrogen (secondary N) is 3. The first kappa shape index (κ1) is 23.4. The molecule has 8 nitrogen and oxygen atoms in total. The first-order chi connectivity index (χ1) is 15.2. The predicted octanol–water partition coefficient (Wildman–Crippen LogP) is 4.05. The zero-order chi connectivity index (χ0) is 23.4. The Kier molecular flexibility index (Phi) is 7.27. The van der Waals surface area contributed by atoms with Crippen LogP contribution in [-0.4, -0.2) is 36.1 Å². The summed E-state index contributed by atoms with van der Waals surface area (Å²) in [4.78, 5) is 37.8. The van der Waals surface area contributed by atoms with Crippen molar-refractivity contribution in [1.82, 2.24) is 9.99 Å². The normalized spacial score (nSPS) is 10.8. The molecule has 168 valence electrons. The number of carbonyl (C=O) groups excluding carboxylic acids is 3. The molecule has 0 spiro atoms. The summed E-state index contributed by atoms with van der Waals surface area (Å²) >= 11 is 12.0. The number of hydrogen-bond donors (Lipinski definition) is 3. The van der Waals surface area contributed by atoms with Gasteiger partial charge in [0, 0.05) is 17.6 Å². The molecular formula is C22H22Cl2N4O4. The standard InChI is InChI=1S/C22H22Cl2N4O4/c1-12(2)11-25-21(30)22(31)27-28-17(9-13-5-4-6-18(32-3)19(13)28)20(29)26-14-7-8-15(23)16(24)10-14/h4-10,12H,11H2,1-3H3,(H,25,30)(H,26,29)(H,27,31). The Morgan fingerprint density at radius 3 is 2.44 bits per heavy atom. The maximum atomic E-state index is 13.1. The minimum absolute atomic E-state index is 0.0839. The molecule has 0 atom stereocenters. The first-order valence-corrected chi connectivity index (χ1v) is 10.5. The lowest BCUT2D eigenvalue weighted by Gasteiger charge is -2.14. The van der Waals surface area contributed by atoms with Gasteiger partial charge in [-0.15, -0.1) is 0 Å². The number of benzene rings is 2. The molecule has 0 aliphatic rings. The number of anilines is 1. The van der Waals surface area contributed by atoms with E-state index in [0.29, 0.717) is 33.9 Å². The van der Waals surface area contributed by atoms with Gasteiger partial charge in [-0.05, 0) is 36.2 Å². The third-order valence-corrected chi connectivity index (χ3v) is 5.25. The summed E-state index contributed by atoms with van der Waals surface area (Å²) < 4.78 is 6.63. The van der Waals surface area contributed by atoms with Crippen LogP contribution in [0.5, 0.6) is 5.75 Å². The number of rotatable bonds is 6. The molecule has 10 heteroatoms. The van der Waals surface area contributed by atoms with Crippen LogP contribution in [0, 0.1) is 5.92 Å². The molecule has 0 fully saturated rings. The molecule has 32 heavy (non-hydrogen) atoms. The second-order valence-corrected chi connectivity index (χ2v) is 8.21. The lowest BCUT2D eigenvalue weighted by molar-refractivity contribution is -0.136. The van der Waals surface area contributed by atoms with Gasteiger partial charge in [0.1, 0.15) is 17.0 Å². The van der Waals surface area contributed by atoms with Crippen molar-refractivity contribution in [1.29, 1.82) is 0 Å². The van der Waals surface area contributed by atoms with Crippen molar-refractivity contribution in [2.45, 2.75) is 13.8 Å². The summed E-state index contributed by atoms with van der Waals surface area (Å²) in [6, 6.07) is 11.4. The van der Waals surface area contributed by atoms with Gasteiger partial charge in [-0.1, -0.05) is 49.2 Å². The van der Waals surface area contributed by atoms with Crippen LogP contribution in [0.2, 0.25) is 10.0 Å². The number of carbonyl (C=O) groups is 3. The van der Waals surface area contributed by atoms with Crippen molar-refractivity contribution in [2.24, 2.45) is 5.92 Å². The van der Waals surface area contributed by atoms with E-state index in [1.54, 1.807) is 36.4 Å². The number of ether oxygens (including phenoxy) is 1. The van der Waals surface area contributed by atoms with E-state index >= 15 is 0 Å². The van der Waals surface area contributed by atoms with Crippen LogP contribution in [0.1, 0.15) is 24.3 Å². The summed E-state index contributed by atoms with van der Waals surface area (Å²) in [6.07, 6.45) is 0. The van der Waals surface area contributed by atoms with Gasteiger partial charge in [0.2, 0.25) is 0 Å². The van der Waals surface area contributed by atoms with Crippen molar-refractivity contribution in [2.75, 3.05) is 24.4 Å². The van der Waals surface area contributed by atoms with E-state index in [9.17, 15) is 14.4 Å². The van der Waals surface area contributed by atoms with Crippen LogP contribution in [0.3, 0.4) is 0 Å². The molecule has 0 saturated heterocycles. The van der Waals surface area contributed by atoms with Gasteiger partial charge >= 0.3 is 11.8 Å². The van der Waals surface area contributed by atoms with E-state index in [2.05, 4.69) is 16.1 Å². The number of hydrogen-bond acceptors (Lipinski definition) is 4. The Balaban J connectivity index is 1.98. The highest BCUT2D eigenvalue weighted by molar-refractivity contribution is 6.42. The van der Waals surface area contributed by atoms with Gasteiger partial charge in [-0.3, -0.25) is 19.8 Å². The zero-order valence-electron chi connectivity index (χ0n) is 17.7. The number of para-hydroxylation sites is 1. The van der Waals surface area contributed by atoms with Gasteiger partial charge in [0.25, 0.3) is 5.91 Å². The monoisotopic (exact) mass is 476 g/mol. The Morgan fingerprint density at radius 2 is 1.78 bits per heavy atom. The number of amides is 3. The average molecular weight is 477 g/mol. The molecule has 3 amide bonds. The highest BCUT2D eigenvalue weighted by Crippen LogP contribution is 2.29. The molecule has 0 aliphatic heterocycles. The number of halogens is 2. The van der Waals surface area contributed by atoms with Gasteiger partial charge < -0.3 is 15.4 Å². The molecule has 3 aromatic rings. The molecule has 1 heterocycles. The third-order valence-electron chi connectivity index (χ3n) is 4.51. The van der Waals surface area contributed by atoms with Gasteiger partial charge in [-0.25, -0.2) is 4.68 Å². The molecule has 3 N–H and O–H groups in total. The van der Waals surface area contributed by atoms with Crippen molar-refractivity contribution < 1.29 is 19.1 Å². The van der Waals surface area contributed by atoms with Crippen LogP contribution in [0.4, 0.5) is 5.69 Å². The highest BCUT2D eigenvalue weighted by Gasteiger charge is 2.23. The molecule has 1 aromatic heterocycles. The summed E-state index contributed by atoms with van der Waals surface area (Å²) in [7, 11) is 1.47. The molecule has 2 aromatic carbocycles. The summed E-state index contributed by atoms with van der Waals surface area (Å²) in [5, 5.41) is 6.52. The van der Waals surface area contributed by atoms with Crippen LogP contribution in [0.25, 0.3) is 10.9 Å². The van der Waals surface area contributed by atoms with Gasteiger partial charge in [0.15, 0.2) is 0 Å². The molecule has 0 radical (unpaired) electrons. The van der Waals surface area contributed by atoms with Crippen LogP contribution < -0.4 is 20.8 Å². The SMILES string of the molecule is COc1cccc2cc(C(=O)Nc3ccc(Cl)c(Cl)c3)n(NC(=O)C(=O)NCC(C)C)c12. The number of aromatic nitrogens is 1. The molecule has 0 saturated carbocycles. The second kappa shape index (κ2) is 9.93. The predicted molar refractivity (Wildman–Crippen MR) is 125 cm³/mol. The average Bonchev–Trinajstić information content (AvgIpc) is 3.13. The van der Waals surface area contributed by atoms with Crippen LogP contribution >= 0.6 is 23.2 Å². The van der Waals surface area contributed by atoms with E-state index in [4.69, 9.17) is 27.9 Å². The van der Waals surface area contributed by atoms with Gasteiger partial charge in [-0.2, -0.15) is 0 Å². The van der Waals surface area contributed by atoms with Crippen molar-refractivity contribution in [3.05, 3.63) is 58.2 Å². The Morgan fingerprint density at radius 1 is 1.03 bits per heavy atom. The van der Waals surface area contributed by atoms with E-state index in [0.717, 1.165) is 0 Å². The van der Waals surface area contributed by atoms with Gasteiger partial charge in [0.05, 0.1) is 17.2 Å². The lowest BCUT2D eigenvalue weighted by Crippen LogP contribution is -2.41. The van der Waals surface area contributed by atoms with Crippen LogP contribution in [-0.2, 0) is 9.59 Å². The lowest BCUT2D eigenvalue weighted by atomic mass is 10.2. The zero-order valence-corrected chi connectivity index (χ0v) is 19.2. The number of fused-ring (bicyclic) bond motifs is 1. The van der Waals surface area contributed by atoms with Crippen molar-refractivity contribution in [3.8, 4) is 5.75 Å². The maximum absolute atomic E-state index is 13.1. The molecule has 0 unspecified atom stereocenters. The Hall–Kier alpha value is -3.23. The minimum atomic E-state index is -0.919. The Bertz CT molecular complexity index is 1190. The molecular weight excluding hydrogens is 455 g/mol. The maximum Gasteiger partial charge on any atom is 0.328 e. The molecule has 0 aliphatic carbocycles. The second-order valence-electron chi connectivity index (χ2n) is 7.39. The van der Waals surface area contributed by atoms with E-state index in [1.807, 2.05) is 13.8 Å². The molecule has 3 rings (SSSR count). The fourth-order valence-corrected chi connectivity index (χ4v) is 3.27. The fraction of sp³-hybridized carbons (Fsp3) is 0.227. The fourth-order valence-electron chi connectivity index (χ4n) is 2.97. The number of methoxy groups -OCH3 is 1. The summed E-state index contributed by atoms with van der Waals surface area (Å²) in [5.74, 6) is -1.68. The largest absolute Gasteiger partial charge is 0.494 e. The van der Waals surface area contributed by atoms with E-state index in [1.165, 1.54) is 17.9 Å². The Labute approximate surface area is 194 Å². The summed E-state index contributed by atoms with van der Waals surface area (Å²) in [6.45, 7) is 4.16. The van der Waals surface area contributed by atoms with E-state index in [-0.39, 0.29) is 16.6 Å². The van der Waals surface area contributed by atoms with E-state index < -0.39 is 17.7 Å². The quantitative estimate of drug-likeness (QED) is 0.467.